The van der Waals surface area contributed by atoms with Crippen molar-refractivity contribution < 1.29 is 10.2 Å². The van der Waals surface area contributed by atoms with E-state index in [0.29, 0.717) is 23.2 Å². The van der Waals surface area contributed by atoms with E-state index in [0.717, 1.165) is 37.0 Å². The third-order valence-corrected chi connectivity index (χ3v) is 10.2. The smallest absolute Gasteiger partial charge is 0.0602 e. The van der Waals surface area contributed by atoms with Crippen molar-refractivity contribution in [3.63, 3.8) is 0 Å². The summed E-state index contributed by atoms with van der Waals surface area (Å²) in [6.07, 6.45) is 11.9. The molecule has 0 aromatic rings. The largest absolute Gasteiger partial charge is 0.393 e. The minimum absolute atomic E-state index is 0.0749. The Labute approximate surface area is 161 Å². The maximum Gasteiger partial charge on any atom is 0.0602 e. The highest BCUT2D eigenvalue weighted by atomic mass is 16.3. The van der Waals surface area contributed by atoms with Crippen LogP contribution in [0.15, 0.2) is 0 Å². The Kier molecular flexibility index (Phi) is 5.01. The van der Waals surface area contributed by atoms with Gasteiger partial charge in [-0.05, 0) is 97.7 Å². The van der Waals surface area contributed by atoms with Crippen molar-refractivity contribution in [1.29, 1.82) is 0 Å². The number of aliphatic hydroxyl groups is 2. The zero-order valence-corrected chi connectivity index (χ0v) is 17.6. The average Bonchev–Trinajstić information content (AvgIpc) is 2.96. The van der Waals surface area contributed by atoms with Crippen LogP contribution in [0.5, 0.6) is 0 Å². The van der Waals surface area contributed by atoms with Gasteiger partial charge in [0.25, 0.3) is 0 Å². The van der Waals surface area contributed by atoms with Gasteiger partial charge < -0.3 is 10.2 Å². The van der Waals surface area contributed by atoms with E-state index in [1.165, 1.54) is 44.9 Å². The second-order valence-electron chi connectivity index (χ2n) is 11.2. The van der Waals surface area contributed by atoms with Gasteiger partial charge in [-0.3, -0.25) is 0 Å². The zero-order valence-electron chi connectivity index (χ0n) is 17.6. The summed E-state index contributed by atoms with van der Waals surface area (Å²) < 4.78 is 0. The average molecular weight is 363 g/mol. The number of hydrogen-bond donors (Lipinski definition) is 2. The predicted octanol–water partition coefficient (Wildman–Crippen LogP) is 5.41. The maximum atomic E-state index is 11.5. The van der Waals surface area contributed by atoms with Crippen molar-refractivity contribution in [2.24, 2.45) is 46.3 Å². The van der Waals surface area contributed by atoms with Gasteiger partial charge in [0.15, 0.2) is 0 Å². The van der Waals surface area contributed by atoms with E-state index in [1.54, 1.807) is 0 Å². The Balaban J connectivity index is 1.61. The van der Waals surface area contributed by atoms with Crippen LogP contribution in [0.2, 0.25) is 0 Å². The molecule has 0 amide bonds. The van der Waals surface area contributed by atoms with Gasteiger partial charge >= 0.3 is 0 Å². The molecule has 4 aliphatic rings. The molecule has 2 heteroatoms. The van der Waals surface area contributed by atoms with Crippen LogP contribution in [-0.2, 0) is 0 Å². The van der Waals surface area contributed by atoms with Crippen molar-refractivity contribution in [2.45, 2.75) is 104 Å². The van der Waals surface area contributed by atoms with E-state index in [9.17, 15) is 10.2 Å². The minimum Gasteiger partial charge on any atom is -0.393 e. The Morgan fingerprint density at radius 2 is 1.73 bits per heavy atom. The number of hydrogen-bond acceptors (Lipinski definition) is 2. The normalized spacial score (nSPS) is 54.9. The van der Waals surface area contributed by atoms with E-state index in [1.807, 2.05) is 0 Å². The molecule has 10 atom stereocenters. The van der Waals surface area contributed by atoms with Crippen molar-refractivity contribution in [3.8, 4) is 0 Å². The minimum atomic E-state index is -0.122. The molecule has 0 saturated heterocycles. The molecule has 150 valence electrons. The van der Waals surface area contributed by atoms with Crippen LogP contribution in [0.1, 0.15) is 91.9 Å². The molecular formula is C24H42O2. The monoisotopic (exact) mass is 362 g/mol. The molecule has 0 aliphatic heterocycles. The molecule has 0 radical (unpaired) electrons. The van der Waals surface area contributed by atoms with Crippen molar-refractivity contribution in [2.75, 3.05) is 0 Å². The van der Waals surface area contributed by atoms with Crippen LogP contribution in [0.3, 0.4) is 0 Å². The second kappa shape index (κ2) is 6.76. The first kappa shape index (κ1) is 19.2. The lowest BCUT2D eigenvalue weighted by molar-refractivity contribution is -0.174. The summed E-state index contributed by atoms with van der Waals surface area (Å²) >= 11 is 0. The molecule has 2 N–H and O–H groups in total. The lowest BCUT2D eigenvalue weighted by Crippen LogP contribution is -2.58. The summed E-state index contributed by atoms with van der Waals surface area (Å²) in [6.45, 7) is 9.73. The highest BCUT2D eigenvalue weighted by Crippen LogP contribution is 2.68. The first-order chi connectivity index (χ1) is 12.3. The van der Waals surface area contributed by atoms with Gasteiger partial charge in [-0.2, -0.15) is 0 Å². The van der Waals surface area contributed by atoms with E-state index in [-0.39, 0.29) is 17.6 Å². The predicted molar refractivity (Wildman–Crippen MR) is 107 cm³/mol. The van der Waals surface area contributed by atoms with Gasteiger partial charge in [-0.25, -0.2) is 0 Å². The lowest BCUT2D eigenvalue weighted by Gasteiger charge is -2.62. The third kappa shape index (κ3) is 2.65. The highest BCUT2D eigenvalue weighted by molar-refractivity contribution is 5.12. The lowest BCUT2D eigenvalue weighted by atomic mass is 9.43. The molecule has 0 aromatic carbocycles. The molecule has 4 aliphatic carbocycles. The fraction of sp³-hybridized carbons (Fsp3) is 1.00. The molecule has 0 spiro atoms. The Bertz CT molecular complexity index is 518. The van der Waals surface area contributed by atoms with Gasteiger partial charge in [-0.15, -0.1) is 0 Å². The van der Waals surface area contributed by atoms with Crippen LogP contribution < -0.4 is 0 Å². The van der Waals surface area contributed by atoms with E-state index in [4.69, 9.17) is 0 Å². The fourth-order valence-electron chi connectivity index (χ4n) is 8.82. The van der Waals surface area contributed by atoms with Crippen LogP contribution >= 0.6 is 0 Å². The summed E-state index contributed by atoms with van der Waals surface area (Å²) in [6, 6.07) is 0. The first-order valence-electron chi connectivity index (χ1n) is 11.7. The summed E-state index contributed by atoms with van der Waals surface area (Å²) in [5, 5.41) is 21.7. The Morgan fingerprint density at radius 3 is 2.46 bits per heavy atom. The highest BCUT2D eigenvalue weighted by Gasteiger charge is 2.63. The zero-order chi connectivity index (χ0) is 18.7. The van der Waals surface area contributed by atoms with Gasteiger partial charge in [0.2, 0.25) is 0 Å². The number of aliphatic hydroxyl groups excluding tert-OH is 2. The van der Waals surface area contributed by atoms with Gasteiger partial charge in [0.1, 0.15) is 0 Å². The Hall–Kier alpha value is -0.0800. The molecule has 26 heavy (non-hydrogen) atoms. The molecule has 4 saturated carbocycles. The van der Waals surface area contributed by atoms with E-state index < -0.39 is 0 Å². The van der Waals surface area contributed by atoms with E-state index >= 15 is 0 Å². The molecule has 0 bridgehead atoms. The summed E-state index contributed by atoms with van der Waals surface area (Å²) in [7, 11) is 0. The molecule has 4 rings (SSSR count). The standard InChI is InChI=1S/C24H42O2/c1-5-6-15(2)19-9-10-20-18-8-7-16-13-17(25)11-12-23(16,3)21(18)14-22(26)24(19,20)4/h15-22,25-26H,5-14H2,1-4H3/t15-,16-,17+,18?,19-,20?,21?,22+,23+,24-/m1/s1. The molecular weight excluding hydrogens is 320 g/mol. The molecule has 0 heterocycles. The number of fused-ring (bicyclic) bond motifs is 5. The van der Waals surface area contributed by atoms with Crippen molar-refractivity contribution in [1.82, 2.24) is 0 Å². The maximum absolute atomic E-state index is 11.5. The van der Waals surface area contributed by atoms with Gasteiger partial charge in [0, 0.05) is 0 Å². The van der Waals surface area contributed by atoms with Crippen LogP contribution in [0.25, 0.3) is 0 Å². The summed E-state index contributed by atoms with van der Waals surface area (Å²) in [4.78, 5) is 0. The SMILES string of the molecule is CCC[C@@H](C)[C@H]1CCC2C3CC[C@@H]4C[C@@H](O)CC[C@]4(C)C3C[C@H](O)[C@@]21C. The van der Waals surface area contributed by atoms with Gasteiger partial charge in [-0.1, -0.05) is 40.5 Å². The number of rotatable bonds is 3. The second-order valence-corrected chi connectivity index (χ2v) is 11.2. The molecule has 0 aromatic heterocycles. The summed E-state index contributed by atoms with van der Waals surface area (Å²) in [5.41, 5.74) is 0.505. The van der Waals surface area contributed by atoms with Crippen LogP contribution in [0.4, 0.5) is 0 Å². The molecule has 3 unspecified atom stereocenters. The third-order valence-electron chi connectivity index (χ3n) is 10.2. The van der Waals surface area contributed by atoms with Crippen LogP contribution in [-0.4, -0.2) is 22.4 Å². The Morgan fingerprint density at radius 1 is 0.962 bits per heavy atom. The van der Waals surface area contributed by atoms with Crippen molar-refractivity contribution >= 4 is 0 Å². The van der Waals surface area contributed by atoms with Crippen LogP contribution in [0, 0.1) is 46.3 Å². The van der Waals surface area contributed by atoms with Gasteiger partial charge in [0.05, 0.1) is 12.2 Å². The fourth-order valence-corrected chi connectivity index (χ4v) is 8.82. The van der Waals surface area contributed by atoms with E-state index in [2.05, 4.69) is 27.7 Å². The van der Waals surface area contributed by atoms with Crippen molar-refractivity contribution in [3.05, 3.63) is 0 Å². The topological polar surface area (TPSA) is 40.5 Å². The quantitative estimate of drug-likeness (QED) is 0.704. The molecule has 4 fully saturated rings. The first-order valence-corrected chi connectivity index (χ1v) is 11.7. The molecule has 2 nitrogen and oxygen atoms in total. The summed E-state index contributed by atoms with van der Waals surface area (Å²) in [5.74, 6) is 4.37.